The highest BCUT2D eigenvalue weighted by molar-refractivity contribution is 7.89. The van der Waals surface area contributed by atoms with Crippen molar-refractivity contribution in [2.75, 3.05) is 32.5 Å². The number of rotatable bonds is 10. The number of aromatic nitrogens is 1. The zero-order chi connectivity index (χ0) is 22.3. The molecular formula is C22H29N3O5S. The molecule has 0 aliphatic carbocycles. The van der Waals surface area contributed by atoms with Gasteiger partial charge in [0, 0.05) is 31.8 Å². The summed E-state index contributed by atoms with van der Waals surface area (Å²) in [4.78, 5) is 26.3. The molecule has 1 amide bonds. The average Bonchev–Trinajstić information content (AvgIpc) is 3.22. The molecular weight excluding hydrogens is 418 g/mol. The summed E-state index contributed by atoms with van der Waals surface area (Å²) in [7, 11) is -3.55. The first-order valence-electron chi connectivity index (χ1n) is 10.5. The maximum atomic E-state index is 12.4. The number of carbonyl (C=O) groups is 1. The summed E-state index contributed by atoms with van der Waals surface area (Å²) in [6.07, 6.45) is 5.55. The molecule has 3 rings (SSSR count). The molecule has 1 N–H and O–H groups in total. The van der Waals surface area contributed by atoms with Crippen LogP contribution >= 0.6 is 0 Å². The summed E-state index contributed by atoms with van der Waals surface area (Å²) in [6, 6.07) is 11.1. The van der Waals surface area contributed by atoms with Crippen LogP contribution in [0.4, 0.5) is 0 Å². The van der Waals surface area contributed by atoms with Gasteiger partial charge in [-0.2, -0.15) is 0 Å². The number of amides is 1. The summed E-state index contributed by atoms with van der Waals surface area (Å²) in [5, 5.41) is 0. The maximum Gasteiger partial charge on any atom is 0.251 e. The Hall–Kier alpha value is -2.65. The third-order valence-corrected chi connectivity index (χ3v) is 5.76. The Balaban J connectivity index is 1.50. The monoisotopic (exact) mass is 447 g/mol. The van der Waals surface area contributed by atoms with E-state index in [0.29, 0.717) is 19.6 Å². The van der Waals surface area contributed by atoms with E-state index >= 15 is 0 Å². The Bertz CT molecular complexity index is 1040. The highest BCUT2D eigenvalue weighted by Gasteiger charge is 2.11. The molecule has 31 heavy (non-hydrogen) atoms. The molecule has 1 aliphatic heterocycles. The van der Waals surface area contributed by atoms with Gasteiger partial charge in [0.1, 0.15) is 12.4 Å². The standard InChI is InChI=1S/C22H29N3O5S/c1-31(28,29)23-21(26)5-4-13-25-14-10-19(17-22(25)27)18-6-8-20(9-7-18)30-16-15-24-11-2-3-12-24/h6-10,14,17H,2-5,11-13,15-16H2,1H3,(H,23,26). The number of nitrogens with zero attached hydrogens (tertiary/aromatic N) is 2. The van der Waals surface area contributed by atoms with Gasteiger partial charge >= 0.3 is 0 Å². The van der Waals surface area contributed by atoms with Gasteiger partial charge in [0.15, 0.2) is 0 Å². The molecule has 1 saturated heterocycles. The van der Waals surface area contributed by atoms with Gasteiger partial charge in [-0.3, -0.25) is 19.2 Å². The van der Waals surface area contributed by atoms with E-state index in [1.54, 1.807) is 12.3 Å². The fraction of sp³-hybridized carbons (Fsp3) is 0.455. The summed E-state index contributed by atoms with van der Waals surface area (Å²) < 4.78 is 31.3. The van der Waals surface area contributed by atoms with E-state index in [4.69, 9.17) is 4.74 Å². The van der Waals surface area contributed by atoms with Crippen molar-refractivity contribution in [2.24, 2.45) is 0 Å². The molecule has 1 aliphatic rings. The second-order valence-corrected chi connectivity index (χ2v) is 9.52. The fourth-order valence-corrected chi connectivity index (χ4v) is 4.10. The van der Waals surface area contributed by atoms with Crippen LogP contribution in [0.3, 0.4) is 0 Å². The molecule has 2 heterocycles. The zero-order valence-corrected chi connectivity index (χ0v) is 18.6. The van der Waals surface area contributed by atoms with Crippen molar-refractivity contribution < 1.29 is 17.9 Å². The van der Waals surface area contributed by atoms with Crippen LogP contribution in [-0.2, 0) is 21.4 Å². The number of pyridine rings is 1. The molecule has 0 saturated carbocycles. The highest BCUT2D eigenvalue weighted by atomic mass is 32.2. The number of sulfonamides is 1. The number of hydrogen-bond donors (Lipinski definition) is 1. The third kappa shape index (κ3) is 7.52. The topological polar surface area (TPSA) is 97.7 Å². The summed E-state index contributed by atoms with van der Waals surface area (Å²) >= 11 is 0. The lowest BCUT2D eigenvalue weighted by Gasteiger charge is -2.15. The molecule has 9 heteroatoms. The molecule has 1 aromatic heterocycles. The van der Waals surface area contributed by atoms with Crippen LogP contribution in [0, 0.1) is 0 Å². The SMILES string of the molecule is CS(=O)(=O)NC(=O)CCCn1ccc(-c2ccc(OCCN3CCCC3)cc2)cc1=O. The van der Waals surface area contributed by atoms with Crippen molar-refractivity contribution in [1.29, 1.82) is 0 Å². The largest absolute Gasteiger partial charge is 0.492 e. The summed E-state index contributed by atoms with van der Waals surface area (Å²) in [5.74, 6) is 0.235. The predicted octanol–water partition coefficient (Wildman–Crippen LogP) is 1.85. The number of aryl methyl sites for hydroxylation is 1. The van der Waals surface area contributed by atoms with Gasteiger partial charge in [0.25, 0.3) is 5.56 Å². The highest BCUT2D eigenvalue weighted by Crippen LogP contribution is 2.21. The maximum absolute atomic E-state index is 12.4. The van der Waals surface area contributed by atoms with Crippen molar-refractivity contribution in [3.63, 3.8) is 0 Å². The van der Waals surface area contributed by atoms with E-state index in [1.165, 1.54) is 17.4 Å². The Kier molecular flexibility index (Phi) is 7.86. The molecule has 0 radical (unpaired) electrons. The van der Waals surface area contributed by atoms with Gasteiger partial charge < -0.3 is 9.30 Å². The number of ether oxygens (including phenoxy) is 1. The lowest BCUT2D eigenvalue weighted by Crippen LogP contribution is -2.29. The molecule has 0 atom stereocenters. The normalized spacial score (nSPS) is 14.5. The second kappa shape index (κ2) is 10.6. The van der Waals surface area contributed by atoms with E-state index in [0.717, 1.165) is 42.8 Å². The van der Waals surface area contributed by atoms with Crippen LogP contribution in [0.2, 0.25) is 0 Å². The summed E-state index contributed by atoms with van der Waals surface area (Å²) in [5.41, 5.74) is 1.55. The lowest BCUT2D eigenvalue weighted by atomic mass is 10.1. The third-order valence-electron chi connectivity index (χ3n) is 5.16. The number of carbonyl (C=O) groups excluding carboxylic acids is 1. The van der Waals surface area contributed by atoms with Crippen molar-refractivity contribution in [3.8, 4) is 16.9 Å². The number of hydrogen-bond acceptors (Lipinski definition) is 6. The first-order valence-corrected chi connectivity index (χ1v) is 12.4. The Morgan fingerprint density at radius 2 is 1.77 bits per heavy atom. The van der Waals surface area contributed by atoms with Gasteiger partial charge in [0.2, 0.25) is 15.9 Å². The smallest absolute Gasteiger partial charge is 0.251 e. The van der Waals surface area contributed by atoms with Crippen LogP contribution in [0.25, 0.3) is 11.1 Å². The van der Waals surface area contributed by atoms with Gasteiger partial charge in [-0.1, -0.05) is 12.1 Å². The van der Waals surface area contributed by atoms with E-state index in [9.17, 15) is 18.0 Å². The zero-order valence-electron chi connectivity index (χ0n) is 17.7. The molecule has 8 nitrogen and oxygen atoms in total. The van der Waals surface area contributed by atoms with E-state index < -0.39 is 15.9 Å². The number of nitrogens with one attached hydrogen (secondary N) is 1. The molecule has 1 fully saturated rings. The number of benzene rings is 1. The molecule has 0 bridgehead atoms. The van der Waals surface area contributed by atoms with Crippen LogP contribution in [0.15, 0.2) is 47.4 Å². The second-order valence-electron chi connectivity index (χ2n) is 7.77. The fourth-order valence-electron chi connectivity index (χ4n) is 3.58. The Morgan fingerprint density at radius 1 is 1.06 bits per heavy atom. The lowest BCUT2D eigenvalue weighted by molar-refractivity contribution is -0.119. The van der Waals surface area contributed by atoms with Crippen LogP contribution in [-0.4, -0.2) is 56.3 Å². The summed E-state index contributed by atoms with van der Waals surface area (Å²) in [6.45, 7) is 4.25. The van der Waals surface area contributed by atoms with Gasteiger partial charge in [-0.25, -0.2) is 8.42 Å². The minimum atomic E-state index is -3.55. The Labute approximate surface area is 182 Å². The first-order chi connectivity index (χ1) is 14.8. The van der Waals surface area contributed by atoms with Gasteiger partial charge in [0.05, 0.1) is 6.26 Å². The van der Waals surface area contributed by atoms with E-state index in [1.807, 2.05) is 35.1 Å². The molecule has 0 spiro atoms. The van der Waals surface area contributed by atoms with Crippen molar-refractivity contribution in [1.82, 2.24) is 14.2 Å². The Morgan fingerprint density at radius 3 is 2.42 bits per heavy atom. The van der Waals surface area contributed by atoms with E-state index in [2.05, 4.69) is 4.90 Å². The van der Waals surface area contributed by atoms with Gasteiger partial charge in [-0.05, 0) is 61.7 Å². The molecule has 0 unspecified atom stereocenters. The van der Waals surface area contributed by atoms with Crippen molar-refractivity contribution >= 4 is 15.9 Å². The van der Waals surface area contributed by atoms with Crippen LogP contribution < -0.4 is 15.0 Å². The number of likely N-dealkylation sites (tertiary alicyclic amines) is 1. The predicted molar refractivity (Wildman–Crippen MR) is 120 cm³/mol. The molecule has 168 valence electrons. The van der Waals surface area contributed by atoms with Gasteiger partial charge in [-0.15, -0.1) is 0 Å². The average molecular weight is 448 g/mol. The molecule has 2 aromatic rings. The minimum Gasteiger partial charge on any atom is -0.492 e. The minimum absolute atomic E-state index is 0.0283. The van der Waals surface area contributed by atoms with Crippen LogP contribution in [0.5, 0.6) is 5.75 Å². The van der Waals surface area contributed by atoms with Crippen molar-refractivity contribution in [3.05, 3.63) is 52.9 Å². The first kappa shape index (κ1) is 23.0. The van der Waals surface area contributed by atoms with Crippen LogP contribution in [0.1, 0.15) is 25.7 Å². The molecule has 1 aromatic carbocycles. The van der Waals surface area contributed by atoms with Crippen molar-refractivity contribution in [2.45, 2.75) is 32.2 Å². The van der Waals surface area contributed by atoms with E-state index in [-0.39, 0.29) is 12.0 Å². The quantitative estimate of drug-likeness (QED) is 0.597.